The molecule has 2 heteroatoms. The van der Waals surface area contributed by atoms with Crippen LogP contribution in [0.1, 0.15) is 23.1 Å². The molecule has 0 rings (SSSR count). The van der Waals surface area contributed by atoms with Crippen molar-refractivity contribution in [2.45, 2.75) is 20.3 Å². The van der Waals surface area contributed by atoms with E-state index in [1.165, 1.54) is 6.42 Å². The van der Waals surface area contributed by atoms with E-state index in [0.29, 0.717) is 0 Å². The summed E-state index contributed by atoms with van der Waals surface area (Å²) in [5, 5.41) is 0. The van der Waals surface area contributed by atoms with Gasteiger partial charge in [0, 0.05) is 0 Å². The van der Waals surface area contributed by atoms with Crippen molar-refractivity contribution < 1.29 is 2.85 Å². The molecule has 0 saturated carbocycles. The first-order valence-corrected chi connectivity index (χ1v) is 1.41. The molecule has 0 aliphatic heterocycles. The van der Waals surface area contributed by atoms with E-state index in [9.17, 15) is 0 Å². The fourth-order valence-corrected chi connectivity index (χ4v) is 0. The number of hydrogen-bond donors (Lipinski definition) is 0. The van der Waals surface area contributed by atoms with Crippen LogP contribution < -0.4 is 0 Å². The van der Waals surface area contributed by atoms with E-state index in [2.05, 4.69) is 13.8 Å². The molecule has 0 spiro atoms. The van der Waals surface area contributed by atoms with E-state index in [0.717, 1.165) is 0 Å². The van der Waals surface area contributed by atoms with E-state index in [1.807, 2.05) is 0 Å². The third kappa shape index (κ3) is 31.8. The van der Waals surface area contributed by atoms with E-state index < -0.39 is 0 Å². The summed E-state index contributed by atoms with van der Waals surface area (Å²) in [6.07, 6.45) is 1.25. The molecule has 0 bridgehead atoms. The molecular weight excluding hydrogens is 130 g/mol. The average molecular weight is 143 g/mol. The quantitative estimate of drug-likeness (QED) is 0.421. The van der Waals surface area contributed by atoms with Crippen LogP contribution in [0, 0.1) is 0 Å². The second-order valence-corrected chi connectivity index (χ2v) is 0.707. The molecule has 0 aromatic carbocycles. The summed E-state index contributed by atoms with van der Waals surface area (Å²) in [5.41, 5.74) is 0. The van der Waals surface area contributed by atoms with Gasteiger partial charge in [-0.05, 0) is 0 Å². The molecular formula is C3H13GaMg. The standard InChI is InChI=1S/C3H8.Ga.Mg.5H/c1-3-2;;;;;;;/h3H2,1-2H3;;;;;;;/q;;+2;;;;2*-1. The molecule has 0 aromatic rings. The molecule has 5 heavy (non-hydrogen) atoms. The third-order valence-electron chi connectivity index (χ3n) is 0. The summed E-state index contributed by atoms with van der Waals surface area (Å²) in [4.78, 5) is 0. The van der Waals surface area contributed by atoms with E-state index >= 15 is 0 Å². The molecule has 0 radical (unpaired) electrons. The molecule has 0 N–H and O–H groups in total. The third-order valence-corrected chi connectivity index (χ3v) is 0. The normalized spacial score (nSPS) is 3.60. The maximum Gasteiger partial charge on any atom is 2.00 e. The Morgan fingerprint density at radius 3 is 1.40 bits per heavy atom. The number of rotatable bonds is 0. The molecule has 0 atom stereocenters. The van der Waals surface area contributed by atoms with Gasteiger partial charge in [0.05, 0.1) is 0 Å². The van der Waals surface area contributed by atoms with Crippen LogP contribution in [0.3, 0.4) is 0 Å². The molecule has 0 aromatic heterocycles. The zero-order valence-electron chi connectivity index (χ0n) is 5.41. The van der Waals surface area contributed by atoms with E-state index in [-0.39, 0.29) is 45.7 Å². The van der Waals surface area contributed by atoms with Crippen LogP contribution in [0.15, 0.2) is 0 Å². The summed E-state index contributed by atoms with van der Waals surface area (Å²) in [6.45, 7) is 4.25. The summed E-state index contributed by atoms with van der Waals surface area (Å²) >= 11 is 0. The second-order valence-electron chi connectivity index (χ2n) is 0.707. The Hall–Kier alpha value is 1.40. The van der Waals surface area contributed by atoms with Crippen LogP contribution in [0.25, 0.3) is 0 Å². The van der Waals surface area contributed by atoms with Gasteiger partial charge in [-0.3, -0.25) is 0 Å². The van der Waals surface area contributed by atoms with Gasteiger partial charge in [-0.2, -0.15) is 0 Å². The molecule has 0 unspecified atom stereocenters. The zero-order valence-corrected chi connectivity index (χ0v) is 4.83. The van der Waals surface area contributed by atoms with Crippen LogP contribution in [0.5, 0.6) is 0 Å². The first kappa shape index (κ1) is 16.1. The van der Waals surface area contributed by atoms with Gasteiger partial charge in [0.1, 0.15) is 0 Å². The van der Waals surface area contributed by atoms with Gasteiger partial charge in [-0.15, -0.1) is 0 Å². The summed E-state index contributed by atoms with van der Waals surface area (Å²) in [5.74, 6) is 0. The van der Waals surface area contributed by atoms with Gasteiger partial charge < -0.3 is 2.85 Å². The molecule has 0 nitrogen and oxygen atoms in total. The minimum atomic E-state index is 0. The Morgan fingerprint density at radius 1 is 1.40 bits per heavy atom. The van der Waals surface area contributed by atoms with Crippen LogP contribution in [-0.2, 0) is 0 Å². The molecule has 0 aliphatic carbocycles. The van der Waals surface area contributed by atoms with Crippen molar-refractivity contribution in [2.24, 2.45) is 0 Å². The first-order chi connectivity index (χ1) is 1.41. The first-order valence-electron chi connectivity index (χ1n) is 1.41. The second kappa shape index (κ2) is 18.1. The van der Waals surface area contributed by atoms with E-state index in [1.54, 1.807) is 0 Å². The minimum absolute atomic E-state index is 0. The van der Waals surface area contributed by atoms with E-state index in [4.69, 9.17) is 0 Å². The predicted octanol–water partition coefficient (Wildman–Crippen LogP) is 0.0766. The van der Waals surface area contributed by atoms with Crippen LogP contribution in [0.4, 0.5) is 0 Å². The van der Waals surface area contributed by atoms with Crippen molar-refractivity contribution in [2.75, 3.05) is 0 Å². The molecule has 0 heterocycles. The topological polar surface area (TPSA) is 0 Å². The Morgan fingerprint density at radius 2 is 1.40 bits per heavy atom. The SMILES string of the molecule is CCC.[GaH3].[H-].[H-].[Mg+2]. The Kier molecular flexibility index (Phi) is 58.6. The van der Waals surface area contributed by atoms with Crippen LogP contribution in [0.2, 0.25) is 0 Å². The fraction of sp³-hybridized carbons (Fsp3) is 1.00. The molecule has 0 fully saturated rings. The monoisotopic (exact) mass is 142 g/mol. The van der Waals surface area contributed by atoms with Gasteiger partial charge in [-0.1, -0.05) is 20.3 Å². The smallest absolute Gasteiger partial charge is 1.00 e. The molecule has 0 aliphatic rings. The van der Waals surface area contributed by atoms with Gasteiger partial charge in [-0.25, -0.2) is 0 Å². The van der Waals surface area contributed by atoms with Crippen molar-refractivity contribution in [3.63, 3.8) is 0 Å². The van der Waals surface area contributed by atoms with Crippen LogP contribution >= 0.6 is 0 Å². The van der Waals surface area contributed by atoms with Crippen molar-refractivity contribution in [3.8, 4) is 0 Å². The van der Waals surface area contributed by atoms with Gasteiger partial charge in [0.25, 0.3) is 0 Å². The summed E-state index contributed by atoms with van der Waals surface area (Å²) in [6, 6.07) is 0. The van der Waals surface area contributed by atoms with Gasteiger partial charge >= 0.3 is 42.8 Å². The Bertz CT molecular complexity index is 12.9. The Balaban J connectivity index is -0.00000000333. The fourth-order valence-electron chi connectivity index (χ4n) is 0. The summed E-state index contributed by atoms with van der Waals surface area (Å²) < 4.78 is 0. The maximum absolute atomic E-state index is 2.12. The van der Waals surface area contributed by atoms with Crippen molar-refractivity contribution in [3.05, 3.63) is 0 Å². The molecule has 0 saturated heterocycles. The van der Waals surface area contributed by atoms with Gasteiger partial charge in [0.15, 0.2) is 0 Å². The Labute approximate surface area is 65.9 Å². The molecule has 0 amide bonds. The van der Waals surface area contributed by atoms with Gasteiger partial charge in [0.2, 0.25) is 0 Å². The van der Waals surface area contributed by atoms with Crippen molar-refractivity contribution in [1.29, 1.82) is 0 Å². The van der Waals surface area contributed by atoms with Crippen LogP contribution in [-0.4, -0.2) is 42.8 Å². The largest absolute Gasteiger partial charge is 2.00 e. The maximum atomic E-state index is 2.12. The number of hydrogen-bond acceptors (Lipinski definition) is 0. The average Bonchev–Trinajstić information content (AvgIpc) is 0.918. The summed E-state index contributed by atoms with van der Waals surface area (Å²) in [7, 11) is 0. The van der Waals surface area contributed by atoms with Crippen molar-refractivity contribution in [1.82, 2.24) is 0 Å². The zero-order chi connectivity index (χ0) is 2.71. The predicted molar refractivity (Wildman–Crippen MR) is 33.9 cm³/mol. The minimum Gasteiger partial charge on any atom is -1.00 e. The van der Waals surface area contributed by atoms with Crippen molar-refractivity contribution >= 4 is 42.8 Å². The molecule has 30 valence electrons.